The zero-order chi connectivity index (χ0) is 14.3. The van der Waals surface area contributed by atoms with E-state index in [1.807, 2.05) is 6.07 Å². The van der Waals surface area contributed by atoms with Gasteiger partial charge in [0, 0.05) is 0 Å². The Morgan fingerprint density at radius 1 is 1.15 bits per heavy atom. The van der Waals surface area contributed by atoms with E-state index in [1.165, 1.54) is 12.1 Å². The molecule has 1 saturated heterocycles. The molecule has 2 unspecified atom stereocenters. The third kappa shape index (κ3) is 1.80. The Bertz CT molecular complexity index is 611. The Labute approximate surface area is 115 Å². The number of fused-ring (bicyclic) bond motifs is 1. The summed E-state index contributed by atoms with van der Waals surface area (Å²) in [6, 6.07) is 5.40. The third-order valence-corrected chi connectivity index (χ3v) is 4.16. The Morgan fingerprint density at radius 2 is 1.75 bits per heavy atom. The number of benzene rings is 1. The highest BCUT2D eigenvalue weighted by Gasteiger charge is 2.49. The third-order valence-electron chi connectivity index (χ3n) is 4.16. The first-order valence-electron chi connectivity index (χ1n) is 6.71. The molecule has 102 valence electrons. The second kappa shape index (κ2) is 4.71. The molecule has 1 aromatic carbocycles. The monoisotopic (exact) mass is 272 g/mol. The predicted molar refractivity (Wildman–Crippen MR) is 69.1 cm³/mol. The molecule has 0 bridgehead atoms. The van der Waals surface area contributed by atoms with Crippen LogP contribution in [0.25, 0.3) is 0 Å². The van der Waals surface area contributed by atoms with Crippen LogP contribution >= 0.6 is 0 Å². The van der Waals surface area contributed by atoms with E-state index in [-0.39, 0.29) is 34.9 Å². The number of halogens is 1. The molecule has 0 spiro atoms. The summed E-state index contributed by atoms with van der Waals surface area (Å²) < 4.78 is 13.2. The van der Waals surface area contributed by atoms with Crippen LogP contribution in [-0.4, -0.2) is 11.8 Å². The minimum Gasteiger partial charge on any atom is -0.274 e. The average molecular weight is 272 g/mol. The molecule has 5 heteroatoms. The maximum atomic E-state index is 13.2. The van der Waals surface area contributed by atoms with Gasteiger partial charge < -0.3 is 0 Å². The molecular formula is C15H13FN2O2. The van der Waals surface area contributed by atoms with Gasteiger partial charge in [0.05, 0.1) is 23.1 Å². The van der Waals surface area contributed by atoms with Crippen molar-refractivity contribution >= 4 is 17.5 Å². The molecule has 2 aliphatic rings. The Hall–Kier alpha value is -2.22. The van der Waals surface area contributed by atoms with E-state index in [2.05, 4.69) is 0 Å². The summed E-state index contributed by atoms with van der Waals surface area (Å²) in [5.74, 6) is -1.59. The largest absolute Gasteiger partial charge is 0.274 e. The molecule has 1 heterocycles. The number of amides is 2. The molecule has 1 aliphatic carbocycles. The van der Waals surface area contributed by atoms with Crippen molar-refractivity contribution in [1.82, 2.24) is 0 Å². The quantitative estimate of drug-likeness (QED) is 0.737. The molecule has 3 rings (SSSR count). The summed E-state index contributed by atoms with van der Waals surface area (Å²) in [4.78, 5) is 25.9. The second-order valence-electron chi connectivity index (χ2n) is 5.28. The van der Waals surface area contributed by atoms with E-state index in [9.17, 15) is 14.0 Å². The van der Waals surface area contributed by atoms with E-state index < -0.39 is 5.82 Å². The van der Waals surface area contributed by atoms with Crippen LogP contribution in [0, 0.1) is 29.0 Å². The van der Waals surface area contributed by atoms with Crippen molar-refractivity contribution in [3.63, 3.8) is 0 Å². The number of hydrogen-bond donors (Lipinski definition) is 0. The van der Waals surface area contributed by atoms with Crippen molar-refractivity contribution < 1.29 is 14.0 Å². The van der Waals surface area contributed by atoms with E-state index >= 15 is 0 Å². The van der Waals surface area contributed by atoms with E-state index in [4.69, 9.17) is 5.26 Å². The molecule has 2 amide bonds. The fraction of sp³-hybridized carbons (Fsp3) is 0.400. The number of rotatable bonds is 1. The lowest BCUT2D eigenvalue weighted by molar-refractivity contribution is -0.122. The molecule has 1 aromatic rings. The maximum absolute atomic E-state index is 13.2. The van der Waals surface area contributed by atoms with Crippen molar-refractivity contribution in [3.05, 3.63) is 29.6 Å². The lowest BCUT2D eigenvalue weighted by atomic mass is 9.81. The summed E-state index contributed by atoms with van der Waals surface area (Å²) >= 11 is 0. The normalized spacial score (nSPS) is 25.5. The highest BCUT2D eigenvalue weighted by atomic mass is 19.1. The van der Waals surface area contributed by atoms with Gasteiger partial charge in [-0.3, -0.25) is 9.59 Å². The Morgan fingerprint density at radius 3 is 2.30 bits per heavy atom. The molecule has 0 N–H and O–H groups in total. The van der Waals surface area contributed by atoms with E-state index in [0.29, 0.717) is 0 Å². The van der Waals surface area contributed by atoms with Crippen LogP contribution in [-0.2, 0) is 9.59 Å². The van der Waals surface area contributed by atoms with Crippen LogP contribution in [0.5, 0.6) is 0 Å². The number of carbonyl (C=O) groups is 2. The van der Waals surface area contributed by atoms with Gasteiger partial charge in [-0.25, -0.2) is 9.29 Å². The number of anilines is 1. The van der Waals surface area contributed by atoms with Crippen LogP contribution in [0.3, 0.4) is 0 Å². The van der Waals surface area contributed by atoms with Gasteiger partial charge in [0.25, 0.3) is 0 Å². The highest BCUT2D eigenvalue weighted by molar-refractivity contribution is 6.22. The van der Waals surface area contributed by atoms with Gasteiger partial charge in [-0.2, -0.15) is 5.26 Å². The highest BCUT2D eigenvalue weighted by Crippen LogP contribution is 2.40. The van der Waals surface area contributed by atoms with Crippen LogP contribution in [0.4, 0.5) is 10.1 Å². The molecular weight excluding hydrogens is 259 g/mol. The smallest absolute Gasteiger partial charge is 0.237 e. The van der Waals surface area contributed by atoms with Crippen molar-refractivity contribution in [1.29, 1.82) is 5.26 Å². The van der Waals surface area contributed by atoms with Crippen LogP contribution in [0.2, 0.25) is 0 Å². The topological polar surface area (TPSA) is 61.2 Å². The molecule has 1 saturated carbocycles. The van der Waals surface area contributed by atoms with Gasteiger partial charge in [0.2, 0.25) is 11.8 Å². The predicted octanol–water partition coefficient (Wildman–Crippen LogP) is 2.38. The minimum atomic E-state index is -0.554. The number of hydrogen-bond acceptors (Lipinski definition) is 3. The lowest BCUT2D eigenvalue weighted by Crippen LogP contribution is -2.31. The fourth-order valence-electron chi connectivity index (χ4n) is 3.19. The number of imide groups is 1. The molecule has 1 aliphatic heterocycles. The van der Waals surface area contributed by atoms with Gasteiger partial charge in [-0.05, 0) is 31.0 Å². The molecule has 2 atom stereocenters. The van der Waals surface area contributed by atoms with Crippen molar-refractivity contribution in [3.8, 4) is 6.07 Å². The Kier molecular flexibility index (Phi) is 3.01. The number of nitriles is 1. The Balaban J connectivity index is 2.04. The standard InChI is InChI=1S/C15H13FN2O2/c16-10-5-6-13(9(7-10)8-17)18-14(19)11-3-1-2-4-12(11)15(18)20/h5-7,11-12H,1-4H2. The van der Waals surface area contributed by atoms with E-state index in [0.717, 1.165) is 36.6 Å². The number of carbonyl (C=O) groups excluding carboxylic acids is 2. The van der Waals surface area contributed by atoms with Gasteiger partial charge in [0.1, 0.15) is 11.9 Å². The summed E-state index contributed by atoms with van der Waals surface area (Å²) in [5.41, 5.74) is 0.226. The van der Waals surface area contributed by atoms with Gasteiger partial charge >= 0.3 is 0 Å². The van der Waals surface area contributed by atoms with Crippen LogP contribution < -0.4 is 4.90 Å². The van der Waals surface area contributed by atoms with Crippen molar-refractivity contribution in [2.45, 2.75) is 25.7 Å². The van der Waals surface area contributed by atoms with Gasteiger partial charge in [-0.1, -0.05) is 12.8 Å². The van der Waals surface area contributed by atoms with E-state index in [1.54, 1.807) is 0 Å². The average Bonchev–Trinajstić information content (AvgIpc) is 2.72. The lowest BCUT2D eigenvalue weighted by Gasteiger charge is -2.19. The molecule has 0 radical (unpaired) electrons. The fourth-order valence-corrected chi connectivity index (χ4v) is 3.19. The van der Waals surface area contributed by atoms with Crippen LogP contribution in [0.1, 0.15) is 31.2 Å². The van der Waals surface area contributed by atoms with Gasteiger partial charge in [-0.15, -0.1) is 0 Å². The first-order valence-corrected chi connectivity index (χ1v) is 6.71. The molecule has 20 heavy (non-hydrogen) atoms. The zero-order valence-corrected chi connectivity index (χ0v) is 10.8. The number of nitrogens with zero attached hydrogens (tertiary/aromatic N) is 2. The van der Waals surface area contributed by atoms with Crippen molar-refractivity contribution in [2.75, 3.05) is 4.90 Å². The summed E-state index contributed by atoms with van der Waals surface area (Å²) in [7, 11) is 0. The molecule has 4 nitrogen and oxygen atoms in total. The minimum absolute atomic E-state index is 0.0188. The summed E-state index contributed by atoms with van der Waals surface area (Å²) in [6.45, 7) is 0. The summed E-state index contributed by atoms with van der Waals surface area (Å²) in [6.07, 6.45) is 3.33. The first kappa shape index (κ1) is 12.8. The SMILES string of the molecule is N#Cc1cc(F)ccc1N1C(=O)C2CCCCC2C1=O. The molecule has 2 fully saturated rings. The molecule has 0 aromatic heterocycles. The van der Waals surface area contributed by atoms with Gasteiger partial charge in [0.15, 0.2) is 0 Å². The first-order chi connectivity index (χ1) is 9.63. The van der Waals surface area contributed by atoms with Crippen molar-refractivity contribution in [2.24, 2.45) is 11.8 Å². The summed E-state index contributed by atoms with van der Waals surface area (Å²) in [5, 5.41) is 9.07. The second-order valence-corrected chi connectivity index (χ2v) is 5.28. The van der Waals surface area contributed by atoms with Crippen LogP contribution in [0.15, 0.2) is 18.2 Å². The zero-order valence-electron chi connectivity index (χ0n) is 10.8. The maximum Gasteiger partial charge on any atom is 0.237 e.